The Balaban J connectivity index is 0.00000225. The van der Waals surface area contributed by atoms with Crippen LogP contribution in [-0.4, -0.2) is 42.5 Å². The van der Waals surface area contributed by atoms with Crippen LogP contribution in [0.4, 0.5) is 0 Å². The van der Waals surface area contributed by atoms with Crippen molar-refractivity contribution in [2.45, 2.75) is 17.7 Å². The van der Waals surface area contributed by atoms with Gasteiger partial charge >= 0.3 is 29.6 Å². The van der Waals surface area contributed by atoms with Crippen molar-refractivity contribution in [3.63, 3.8) is 0 Å². The SMILES string of the molecule is O=S(=O)(O)c1ccc(CCc2c(-c3ccccc3)ssc2=S)cc1.[NaH]. The Morgan fingerprint density at radius 1 is 0.920 bits per heavy atom. The van der Waals surface area contributed by atoms with Gasteiger partial charge in [-0.3, -0.25) is 4.55 Å². The van der Waals surface area contributed by atoms with Gasteiger partial charge in [0, 0.05) is 5.56 Å². The van der Waals surface area contributed by atoms with Crippen LogP contribution in [0.2, 0.25) is 0 Å². The van der Waals surface area contributed by atoms with E-state index in [-0.39, 0.29) is 34.5 Å². The van der Waals surface area contributed by atoms with E-state index in [0.717, 1.165) is 22.2 Å². The molecule has 0 bridgehead atoms. The Bertz CT molecular complexity index is 990. The minimum absolute atomic E-state index is 0. The summed E-state index contributed by atoms with van der Waals surface area (Å²) in [5.74, 6) is 0. The molecule has 3 nitrogen and oxygen atoms in total. The van der Waals surface area contributed by atoms with E-state index in [1.165, 1.54) is 28.1 Å². The van der Waals surface area contributed by atoms with Crippen LogP contribution >= 0.6 is 32.9 Å². The van der Waals surface area contributed by atoms with Crippen molar-refractivity contribution < 1.29 is 13.0 Å². The molecule has 0 aliphatic carbocycles. The van der Waals surface area contributed by atoms with Crippen LogP contribution in [0.5, 0.6) is 0 Å². The molecule has 0 saturated carbocycles. The van der Waals surface area contributed by atoms with Gasteiger partial charge in [-0.15, -0.1) is 0 Å². The molecule has 1 N–H and O–H groups in total. The summed E-state index contributed by atoms with van der Waals surface area (Å²) in [5.41, 5.74) is 3.35. The van der Waals surface area contributed by atoms with Crippen molar-refractivity contribution in [1.82, 2.24) is 0 Å². The van der Waals surface area contributed by atoms with E-state index in [4.69, 9.17) is 16.8 Å². The third-order valence-corrected chi connectivity index (χ3v) is 7.70. The van der Waals surface area contributed by atoms with Crippen molar-refractivity contribution in [3.8, 4) is 10.4 Å². The number of hydrogen-bond donors (Lipinski definition) is 1. The first-order valence-corrected chi connectivity index (χ1v) is 11.2. The molecular weight excluding hydrogens is 403 g/mol. The van der Waals surface area contributed by atoms with Gasteiger partial charge in [0.25, 0.3) is 10.1 Å². The van der Waals surface area contributed by atoms with Crippen molar-refractivity contribution in [2.24, 2.45) is 0 Å². The van der Waals surface area contributed by atoms with E-state index in [1.807, 2.05) is 18.2 Å². The van der Waals surface area contributed by atoms with Crippen LogP contribution < -0.4 is 0 Å². The molecule has 1 aromatic heterocycles. The molecule has 0 aliphatic rings. The first-order valence-electron chi connectivity index (χ1n) is 7.19. The maximum absolute atomic E-state index is 11.1. The van der Waals surface area contributed by atoms with E-state index in [0.29, 0.717) is 0 Å². The third-order valence-electron chi connectivity index (χ3n) is 3.64. The predicted octanol–water partition coefficient (Wildman–Crippen LogP) is 4.59. The van der Waals surface area contributed by atoms with Crippen LogP contribution in [0.3, 0.4) is 0 Å². The second-order valence-corrected chi connectivity index (χ2v) is 9.48. The van der Waals surface area contributed by atoms with Crippen molar-refractivity contribution in [1.29, 1.82) is 0 Å². The molecule has 0 radical (unpaired) electrons. The average molecular weight is 419 g/mol. The zero-order chi connectivity index (χ0) is 17.2. The maximum atomic E-state index is 11.1. The van der Waals surface area contributed by atoms with Crippen molar-refractivity contribution >= 4 is 72.6 Å². The summed E-state index contributed by atoms with van der Waals surface area (Å²) in [6, 6.07) is 16.5. The van der Waals surface area contributed by atoms with Gasteiger partial charge in [-0.05, 0) is 36.1 Å². The molecule has 2 aromatic carbocycles. The zero-order valence-corrected chi connectivity index (χ0v) is 15.8. The molecule has 126 valence electrons. The Labute approximate surface area is 181 Å². The fraction of sp³-hybridized carbons (Fsp3) is 0.118. The zero-order valence-electron chi connectivity index (χ0n) is 12.5. The van der Waals surface area contributed by atoms with E-state index in [2.05, 4.69) is 12.1 Å². The van der Waals surface area contributed by atoms with Crippen LogP contribution in [0, 0.1) is 3.82 Å². The van der Waals surface area contributed by atoms with Gasteiger partial charge in [-0.1, -0.05) is 75.4 Å². The molecule has 0 fully saturated rings. The molecule has 0 atom stereocenters. The van der Waals surface area contributed by atoms with Crippen molar-refractivity contribution in [3.05, 3.63) is 69.5 Å². The van der Waals surface area contributed by atoms with Crippen LogP contribution in [-0.2, 0) is 23.0 Å². The molecule has 8 heteroatoms. The van der Waals surface area contributed by atoms with Crippen LogP contribution in [0.1, 0.15) is 11.1 Å². The summed E-state index contributed by atoms with van der Waals surface area (Å²) in [7, 11) is -0.834. The summed E-state index contributed by atoms with van der Waals surface area (Å²) in [5, 5.41) is 0. The average Bonchev–Trinajstić information content (AvgIpc) is 2.94. The van der Waals surface area contributed by atoms with E-state index in [9.17, 15) is 8.42 Å². The monoisotopic (exact) mass is 418 g/mol. The first-order chi connectivity index (χ1) is 11.4. The van der Waals surface area contributed by atoms with Gasteiger partial charge in [0.1, 0.15) is 3.82 Å². The van der Waals surface area contributed by atoms with Crippen LogP contribution in [0.25, 0.3) is 10.4 Å². The standard InChI is InChI=1S/C17H14O3S4.Na.H/c18-24(19,20)14-9-6-12(7-10-14)8-11-15-16(22-23-17(15)21)13-4-2-1-3-5-13;;/h1-7,9-10H,8,11H2,(H,18,19,20);;. The fourth-order valence-corrected chi connectivity index (χ4v) is 5.89. The summed E-state index contributed by atoms with van der Waals surface area (Å²) in [6.07, 6.45) is 1.56. The Hall–Kier alpha value is -0.380. The van der Waals surface area contributed by atoms with Gasteiger partial charge in [0.05, 0.1) is 9.77 Å². The van der Waals surface area contributed by atoms with Gasteiger partial charge in [0.15, 0.2) is 0 Å². The quantitative estimate of drug-likeness (QED) is 0.285. The van der Waals surface area contributed by atoms with E-state index in [1.54, 1.807) is 32.8 Å². The number of hydrogen-bond acceptors (Lipinski definition) is 5. The summed E-state index contributed by atoms with van der Waals surface area (Å²) < 4.78 is 32.1. The number of benzene rings is 2. The molecule has 0 aliphatic heterocycles. The molecule has 25 heavy (non-hydrogen) atoms. The summed E-state index contributed by atoms with van der Waals surface area (Å²) in [4.78, 5) is 1.12. The summed E-state index contributed by atoms with van der Waals surface area (Å²) >= 11 is 5.47. The number of rotatable bonds is 5. The van der Waals surface area contributed by atoms with Crippen molar-refractivity contribution in [2.75, 3.05) is 0 Å². The van der Waals surface area contributed by atoms with E-state index < -0.39 is 10.1 Å². The molecule has 0 amide bonds. The first kappa shape index (κ1) is 20.9. The fourth-order valence-electron chi connectivity index (χ4n) is 2.40. The van der Waals surface area contributed by atoms with E-state index >= 15 is 0 Å². The normalized spacial score (nSPS) is 11.1. The summed E-state index contributed by atoms with van der Waals surface area (Å²) in [6.45, 7) is 0. The third kappa shape index (κ3) is 5.30. The second-order valence-electron chi connectivity index (χ2n) is 5.25. The second kappa shape index (κ2) is 9.01. The molecule has 3 rings (SSSR count). The molecule has 1 heterocycles. The minimum atomic E-state index is -4.14. The van der Waals surface area contributed by atoms with Gasteiger partial charge in [-0.25, -0.2) is 0 Å². The molecule has 0 spiro atoms. The van der Waals surface area contributed by atoms with Gasteiger partial charge in [0.2, 0.25) is 0 Å². The predicted molar refractivity (Wildman–Crippen MR) is 109 cm³/mol. The molecule has 0 unspecified atom stereocenters. The topological polar surface area (TPSA) is 54.4 Å². The Kier molecular flexibility index (Phi) is 7.54. The van der Waals surface area contributed by atoms with Crippen LogP contribution in [0.15, 0.2) is 59.5 Å². The van der Waals surface area contributed by atoms with Gasteiger partial charge in [-0.2, -0.15) is 8.42 Å². The number of aryl methyl sites for hydroxylation is 1. The molecule has 3 aromatic rings. The Morgan fingerprint density at radius 2 is 1.56 bits per heavy atom. The molecule has 0 saturated heterocycles. The molecular formula is C17H15NaO3S4. The Morgan fingerprint density at radius 3 is 2.16 bits per heavy atom. The van der Waals surface area contributed by atoms with Gasteiger partial charge < -0.3 is 0 Å².